The third kappa shape index (κ3) is 3.78. The van der Waals surface area contributed by atoms with Crippen LogP contribution < -0.4 is 0 Å². The fourth-order valence-electron chi connectivity index (χ4n) is 7.87. The number of pyridine rings is 1. The SMILES string of the molecule is c1cc(-n2c3ccccc3c3ccc(-c4ncc(-n5c6ccccc6c6ccccc65)o4)cc32)cc(-n2c3ccccc3c3cccnc32)c1. The Morgan fingerprint density at radius 2 is 0.940 bits per heavy atom. The van der Waals surface area contributed by atoms with E-state index in [1.165, 1.54) is 26.9 Å². The van der Waals surface area contributed by atoms with Crippen molar-refractivity contribution in [1.29, 1.82) is 0 Å². The molecule has 5 aromatic heterocycles. The van der Waals surface area contributed by atoms with Gasteiger partial charge in [-0.1, -0.05) is 84.9 Å². The van der Waals surface area contributed by atoms with Gasteiger partial charge in [0.1, 0.15) is 5.65 Å². The maximum Gasteiger partial charge on any atom is 0.228 e. The molecule has 0 saturated carbocycles. The fraction of sp³-hybridized carbons (Fsp3) is 0. The summed E-state index contributed by atoms with van der Waals surface area (Å²) in [4.78, 5) is 9.64. The Morgan fingerprint density at radius 1 is 0.400 bits per heavy atom. The van der Waals surface area contributed by atoms with Crippen LogP contribution in [0.2, 0.25) is 0 Å². The molecular formula is C44H27N5O. The molecule has 6 nitrogen and oxygen atoms in total. The lowest BCUT2D eigenvalue weighted by Gasteiger charge is -2.12. The number of rotatable bonds is 4. The summed E-state index contributed by atoms with van der Waals surface area (Å²) in [7, 11) is 0. The summed E-state index contributed by atoms with van der Waals surface area (Å²) in [5, 5.41) is 7.06. The minimum absolute atomic E-state index is 0.575. The molecule has 234 valence electrons. The number of nitrogens with zero attached hydrogens (tertiary/aromatic N) is 5. The predicted molar refractivity (Wildman–Crippen MR) is 203 cm³/mol. The number of hydrogen-bond donors (Lipinski definition) is 0. The maximum absolute atomic E-state index is 6.58. The molecule has 0 bridgehead atoms. The molecule has 11 aromatic rings. The van der Waals surface area contributed by atoms with Gasteiger partial charge in [0, 0.05) is 55.5 Å². The van der Waals surface area contributed by atoms with E-state index < -0.39 is 0 Å². The van der Waals surface area contributed by atoms with Gasteiger partial charge in [0.25, 0.3) is 0 Å². The van der Waals surface area contributed by atoms with Crippen molar-refractivity contribution >= 4 is 65.5 Å². The first-order chi connectivity index (χ1) is 24.8. The summed E-state index contributed by atoms with van der Waals surface area (Å²) in [5.41, 5.74) is 9.49. The van der Waals surface area contributed by atoms with Crippen molar-refractivity contribution in [3.63, 3.8) is 0 Å². The molecule has 5 heterocycles. The molecule has 0 aliphatic rings. The molecule has 0 aliphatic carbocycles. The van der Waals surface area contributed by atoms with Crippen molar-refractivity contribution in [2.24, 2.45) is 0 Å². The maximum atomic E-state index is 6.58. The average Bonchev–Trinajstić information content (AvgIpc) is 3.94. The molecule has 0 saturated heterocycles. The Hall–Kier alpha value is -6.92. The number of oxazole rings is 1. The highest BCUT2D eigenvalue weighted by molar-refractivity contribution is 6.11. The predicted octanol–water partition coefficient (Wildman–Crippen LogP) is 11.0. The van der Waals surface area contributed by atoms with Crippen LogP contribution in [0.1, 0.15) is 0 Å². The zero-order chi connectivity index (χ0) is 32.8. The molecule has 0 spiro atoms. The van der Waals surface area contributed by atoms with Gasteiger partial charge in [-0.25, -0.2) is 9.97 Å². The molecule has 6 aromatic carbocycles. The van der Waals surface area contributed by atoms with Gasteiger partial charge < -0.3 is 8.98 Å². The van der Waals surface area contributed by atoms with E-state index in [0.29, 0.717) is 11.8 Å². The Kier molecular flexibility index (Phi) is 5.57. The largest absolute Gasteiger partial charge is 0.420 e. The van der Waals surface area contributed by atoms with E-state index in [1.54, 1.807) is 0 Å². The van der Waals surface area contributed by atoms with Crippen LogP contribution in [0.15, 0.2) is 168 Å². The van der Waals surface area contributed by atoms with E-state index in [2.05, 4.69) is 159 Å². The smallest absolute Gasteiger partial charge is 0.228 e. The van der Waals surface area contributed by atoms with Crippen LogP contribution in [-0.4, -0.2) is 23.7 Å². The van der Waals surface area contributed by atoms with Crippen LogP contribution in [0.4, 0.5) is 0 Å². The molecule has 0 unspecified atom stereocenters. The first kappa shape index (κ1) is 27.1. The quantitative estimate of drug-likeness (QED) is 0.192. The number of fused-ring (bicyclic) bond motifs is 9. The standard InChI is InChI=1S/C44H27N5O/c1-5-18-37-33(15-1)35-23-22-28(44-46-27-42(50-44)49-39-20-7-2-13-31(39)32-14-3-8-21-40(32)49)25-41(35)47(37)29-11-9-12-30(26-29)48-38-19-6-4-16-34(38)36-17-10-24-45-43(36)48/h1-27H. The highest BCUT2D eigenvalue weighted by atomic mass is 16.4. The minimum atomic E-state index is 0.575. The van der Waals surface area contributed by atoms with Crippen molar-refractivity contribution < 1.29 is 4.42 Å². The molecular weight excluding hydrogens is 615 g/mol. The molecule has 11 rings (SSSR count). The number of benzene rings is 6. The first-order valence-electron chi connectivity index (χ1n) is 16.7. The summed E-state index contributed by atoms with van der Waals surface area (Å²) >= 11 is 0. The normalized spacial score (nSPS) is 12.0. The molecule has 0 radical (unpaired) electrons. The summed E-state index contributed by atoms with van der Waals surface area (Å²) in [6.07, 6.45) is 3.70. The third-order valence-corrected chi connectivity index (χ3v) is 9.99. The molecule has 0 amide bonds. The highest BCUT2D eigenvalue weighted by Crippen LogP contribution is 2.38. The van der Waals surface area contributed by atoms with E-state index in [0.717, 1.165) is 55.6 Å². The topological polar surface area (TPSA) is 53.7 Å². The second-order valence-corrected chi connectivity index (χ2v) is 12.7. The van der Waals surface area contributed by atoms with Crippen LogP contribution in [0.5, 0.6) is 0 Å². The van der Waals surface area contributed by atoms with Crippen LogP contribution in [0.3, 0.4) is 0 Å². The lowest BCUT2D eigenvalue weighted by atomic mass is 10.1. The second kappa shape index (κ2) is 10.3. The van der Waals surface area contributed by atoms with E-state index in [1.807, 2.05) is 18.5 Å². The summed E-state index contributed by atoms with van der Waals surface area (Å²) in [5.74, 6) is 1.26. The zero-order valence-electron chi connectivity index (χ0n) is 26.7. The Morgan fingerprint density at radius 3 is 1.62 bits per heavy atom. The number of hydrogen-bond acceptors (Lipinski definition) is 3. The molecule has 0 fully saturated rings. The third-order valence-electron chi connectivity index (χ3n) is 9.99. The number of para-hydroxylation sites is 4. The van der Waals surface area contributed by atoms with Crippen LogP contribution in [0.25, 0.3) is 94.3 Å². The second-order valence-electron chi connectivity index (χ2n) is 12.7. The monoisotopic (exact) mass is 641 g/mol. The van der Waals surface area contributed by atoms with Gasteiger partial charge >= 0.3 is 0 Å². The van der Waals surface area contributed by atoms with Crippen molar-refractivity contribution in [2.75, 3.05) is 0 Å². The molecule has 6 heteroatoms. The zero-order valence-corrected chi connectivity index (χ0v) is 26.7. The Labute approximate surface area is 285 Å². The van der Waals surface area contributed by atoms with Gasteiger partial charge in [-0.05, 0) is 66.7 Å². The van der Waals surface area contributed by atoms with Gasteiger partial charge in [-0.3, -0.25) is 9.13 Å². The van der Waals surface area contributed by atoms with Gasteiger partial charge in [0.15, 0.2) is 0 Å². The van der Waals surface area contributed by atoms with Crippen molar-refractivity contribution in [2.45, 2.75) is 0 Å². The average molecular weight is 642 g/mol. The van der Waals surface area contributed by atoms with Gasteiger partial charge in [-0.15, -0.1) is 0 Å². The van der Waals surface area contributed by atoms with Crippen LogP contribution >= 0.6 is 0 Å². The summed E-state index contributed by atoms with van der Waals surface area (Å²) < 4.78 is 13.3. The fourth-order valence-corrected chi connectivity index (χ4v) is 7.87. The molecule has 50 heavy (non-hydrogen) atoms. The van der Waals surface area contributed by atoms with Crippen LogP contribution in [-0.2, 0) is 0 Å². The number of aromatic nitrogens is 5. The summed E-state index contributed by atoms with van der Waals surface area (Å²) in [6, 6.07) is 53.3. The summed E-state index contributed by atoms with van der Waals surface area (Å²) in [6.45, 7) is 0. The Balaban J connectivity index is 1.10. The van der Waals surface area contributed by atoms with Gasteiger partial charge in [0.05, 0.1) is 33.8 Å². The van der Waals surface area contributed by atoms with Crippen molar-refractivity contribution in [3.05, 3.63) is 164 Å². The first-order valence-corrected chi connectivity index (χ1v) is 16.7. The Bertz CT molecular complexity index is 3010. The lowest BCUT2D eigenvalue weighted by molar-refractivity contribution is 0.554. The lowest BCUT2D eigenvalue weighted by Crippen LogP contribution is -1.99. The highest BCUT2D eigenvalue weighted by Gasteiger charge is 2.19. The van der Waals surface area contributed by atoms with E-state index in [4.69, 9.17) is 14.4 Å². The van der Waals surface area contributed by atoms with E-state index >= 15 is 0 Å². The van der Waals surface area contributed by atoms with Crippen molar-refractivity contribution in [3.8, 4) is 28.7 Å². The van der Waals surface area contributed by atoms with E-state index in [9.17, 15) is 0 Å². The van der Waals surface area contributed by atoms with Crippen LogP contribution in [0, 0.1) is 0 Å². The molecule has 0 atom stereocenters. The van der Waals surface area contributed by atoms with Gasteiger partial charge in [-0.2, -0.15) is 0 Å². The van der Waals surface area contributed by atoms with E-state index in [-0.39, 0.29) is 0 Å². The van der Waals surface area contributed by atoms with Gasteiger partial charge in [0.2, 0.25) is 11.8 Å². The molecule has 0 aliphatic heterocycles. The molecule has 0 N–H and O–H groups in total. The van der Waals surface area contributed by atoms with Crippen molar-refractivity contribution in [1.82, 2.24) is 23.7 Å². The minimum Gasteiger partial charge on any atom is -0.420 e.